The van der Waals surface area contributed by atoms with Crippen LogP contribution in [0.4, 0.5) is 15.9 Å². The second kappa shape index (κ2) is 9.07. The SMILES string of the molecule is C=C(CC)Nc1cncc(-c2cc(F)c3n[nH]c(-c4nc5c(N6CCCCC6)nccc5[nH]4)c3c2)c1. The van der Waals surface area contributed by atoms with E-state index in [1.54, 1.807) is 18.6 Å². The molecule has 1 aromatic carbocycles. The molecule has 1 aliphatic heterocycles. The zero-order valence-electron chi connectivity index (χ0n) is 20.1. The molecule has 182 valence electrons. The molecule has 3 N–H and O–H groups in total. The predicted octanol–water partition coefficient (Wildman–Crippen LogP) is 6.03. The summed E-state index contributed by atoms with van der Waals surface area (Å²) in [6, 6.07) is 7.26. The fourth-order valence-electron chi connectivity index (χ4n) is 4.76. The summed E-state index contributed by atoms with van der Waals surface area (Å²) in [5.74, 6) is 1.07. The van der Waals surface area contributed by atoms with Gasteiger partial charge in [0.1, 0.15) is 16.7 Å². The Balaban J connectivity index is 1.43. The van der Waals surface area contributed by atoms with Crippen molar-refractivity contribution in [3.63, 3.8) is 0 Å². The molecule has 6 rings (SSSR count). The largest absolute Gasteiger partial charge is 0.358 e. The minimum absolute atomic E-state index is 0.269. The Kier molecular flexibility index (Phi) is 5.59. The number of H-pyrrole nitrogens is 2. The fourth-order valence-corrected chi connectivity index (χ4v) is 4.76. The van der Waals surface area contributed by atoms with Gasteiger partial charge in [-0.15, -0.1) is 0 Å². The molecule has 0 spiro atoms. The van der Waals surface area contributed by atoms with E-state index in [1.807, 2.05) is 25.1 Å². The lowest BCUT2D eigenvalue weighted by atomic mass is 10.0. The Morgan fingerprint density at radius 2 is 1.97 bits per heavy atom. The number of imidazole rings is 1. The Morgan fingerprint density at radius 1 is 1.11 bits per heavy atom. The van der Waals surface area contributed by atoms with Crippen LogP contribution in [0.25, 0.3) is 44.6 Å². The third-order valence-electron chi connectivity index (χ3n) is 6.71. The first-order valence-corrected chi connectivity index (χ1v) is 12.3. The van der Waals surface area contributed by atoms with E-state index < -0.39 is 5.82 Å². The number of aromatic amines is 2. The van der Waals surface area contributed by atoms with Crippen molar-refractivity contribution in [2.45, 2.75) is 32.6 Å². The summed E-state index contributed by atoms with van der Waals surface area (Å²) >= 11 is 0. The van der Waals surface area contributed by atoms with Crippen LogP contribution in [-0.4, -0.2) is 43.2 Å². The molecule has 0 saturated carbocycles. The molecule has 0 atom stereocenters. The van der Waals surface area contributed by atoms with Crippen molar-refractivity contribution < 1.29 is 4.39 Å². The average Bonchev–Trinajstić information content (AvgIpc) is 3.53. The third kappa shape index (κ3) is 3.96. The number of anilines is 2. The number of nitrogens with zero attached hydrogens (tertiary/aromatic N) is 5. The number of benzene rings is 1. The highest BCUT2D eigenvalue weighted by molar-refractivity contribution is 5.97. The maximum atomic E-state index is 15.2. The lowest BCUT2D eigenvalue weighted by Crippen LogP contribution is -2.30. The average molecular weight is 483 g/mol. The van der Waals surface area contributed by atoms with Crippen LogP contribution in [-0.2, 0) is 0 Å². The Hall–Kier alpha value is -4.27. The van der Waals surface area contributed by atoms with E-state index in [1.165, 1.54) is 12.5 Å². The quantitative estimate of drug-likeness (QED) is 0.273. The molecular formula is C27H27FN8. The van der Waals surface area contributed by atoms with Gasteiger partial charge in [-0.2, -0.15) is 5.10 Å². The van der Waals surface area contributed by atoms with Crippen molar-refractivity contribution in [2.24, 2.45) is 0 Å². The highest BCUT2D eigenvalue weighted by Gasteiger charge is 2.20. The van der Waals surface area contributed by atoms with Gasteiger partial charge in [-0.1, -0.05) is 13.5 Å². The van der Waals surface area contributed by atoms with Crippen LogP contribution in [0.5, 0.6) is 0 Å². The van der Waals surface area contributed by atoms with Gasteiger partial charge in [0.15, 0.2) is 17.5 Å². The number of allylic oxidation sites excluding steroid dienone is 1. The van der Waals surface area contributed by atoms with E-state index in [2.05, 4.69) is 41.9 Å². The zero-order valence-corrected chi connectivity index (χ0v) is 20.1. The Bertz CT molecular complexity index is 1580. The Labute approximate surface area is 207 Å². The highest BCUT2D eigenvalue weighted by atomic mass is 19.1. The molecule has 36 heavy (non-hydrogen) atoms. The van der Waals surface area contributed by atoms with Gasteiger partial charge >= 0.3 is 0 Å². The van der Waals surface area contributed by atoms with Gasteiger partial charge in [0.05, 0.1) is 17.4 Å². The van der Waals surface area contributed by atoms with E-state index in [0.717, 1.165) is 66.2 Å². The van der Waals surface area contributed by atoms with Crippen LogP contribution < -0.4 is 10.2 Å². The van der Waals surface area contributed by atoms with Gasteiger partial charge < -0.3 is 15.2 Å². The van der Waals surface area contributed by atoms with Crippen LogP contribution in [0.2, 0.25) is 0 Å². The number of nitrogens with one attached hydrogen (secondary N) is 3. The molecule has 1 fully saturated rings. The normalized spacial score (nSPS) is 14.0. The van der Waals surface area contributed by atoms with Gasteiger partial charge in [-0.05, 0) is 55.5 Å². The van der Waals surface area contributed by atoms with Crippen molar-refractivity contribution in [3.05, 3.63) is 60.9 Å². The number of aromatic nitrogens is 6. The summed E-state index contributed by atoms with van der Waals surface area (Å²) in [6.07, 6.45) is 9.60. The first kappa shape index (κ1) is 22.2. The van der Waals surface area contributed by atoms with E-state index >= 15 is 4.39 Å². The Morgan fingerprint density at radius 3 is 2.81 bits per heavy atom. The summed E-state index contributed by atoms with van der Waals surface area (Å²) < 4.78 is 15.2. The molecule has 0 bridgehead atoms. The van der Waals surface area contributed by atoms with Crippen molar-refractivity contribution in [1.82, 2.24) is 30.1 Å². The molecule has 8 nitrogen and oxygen atoms in total. The number of fused-ring (bicyclic) bond motifs is 2. The van der Waals surface area contributed by atoms with E-state index in [9.17, 15) is 0 Å². The van der Waals surface area contributed by atoms with Crippen molar-refractivity contribution >= 4 is 33.4 Å². The van der Waals surface area contributed by atoms with Crippen LogP contribution in [0.3, 0.4) is 0 Å². The fraction of sp³-hybridized carbons (Fsp3) is 0.259. The molecule has 0 unspecified atom stereocenters. The minimum atomic E-state index is -0.409. The monoisotopic (exact) mass is 482 g/mol. The number of pyridine rings is 2. The number of hydrogen-bond donors (Lipinski definition) is 3. The molecule has 1 saturated heterocycles. The molecule has 0 radical (unpaired) electrons. The van der Waals surface area contributed by atoms with Crippen LogP contribution in [0, 0.1) is 5.82 Å². The first-order chi connectivity index (χ1) is 17.6. The second-order valence-corrected chi connectivity index (χ2v) is 9.16. The third-order valence-corrected chi connectivity index (χ3v) is 6.71. The van der Waals surface area contributed by atoms with Crippen molar-refractivity contribution in [3.8, 4) is 22.6 Å². The summed E-state index contributed by atoms with van der Waals surface area (Å²) in [7, 11) is 0. The molecule has 9 heteroatoms. The molecule has 0 aliphatic carbocycles. The van der Waals surface area contributed by atoms with Gasteiger partial charge in [-0.3, -0.25) is 10.1 Å². The van der Waals surface area contributed by atoms with Gasteiger partial charge in [-0.25, -0.2) is 14.4 Å². The van der Waals surface area contributed by atoms with Gasteiger partial charge in [0, 0.05) is 42.1 Å². The molecule has 5 aromatic rings. The predicted molar refractivity (Wildman–Crippen MR) is 141 cm³/mol. The van der Waals surface area contributed by atoms with Crippen LogP contribution in [0.15, 0.2) is 55.1 Å². The lowest BCUT2D eigenvalue weighted by Gasteiger charge is -2.27. The standard InChI is InChI=1S/C27H27FN8/c1-3-16(2)31-19-11-18(14-29-15-19)17-12-20-23(21(28)13-17)34-35-24(20)26-32-22-7-8-30-27(25(22)33-26)36-9-5-4-6-10-36/h7-8,11-15,31H,2-6,9-10H2,1H3,(H,32,33)(H,34,35). The summed E-state index contributed by atoms with van der Waals surface area (Å²) in [5.41, 5.74) is 5.79. The van der Waals surface area contributed by atoms with Crippen molar-refractivity contribution in [1.29, 1.82) is 0 Å². The molecular weight excluding hydrogens is 455 g/mol. The topological polar surface area (TPSA) is 98.4 Å². The molecule has 0 amide bonds. The van der Waals surface area contributed by atoms with Crippen molar-refractivity contribution in [2.75, 3.05) is 23.3 Å². The van der Waals surface area contributed by atoms with E-state index in [-0.39, 0.29) is 5.52 Å². The maximum absolute atomic E-state index is 15.2. The number of piperidine rings is 1. The smallest absolute Gasteiger partial charge is 0.157 e. The number of halogens is 1. The number of hydrogen-bond acceptors (Lipinski definition) is 6. The number of rotatable bonds is 6. The first-order valence-electron chi connectivity index (χ1n) is 12.3. The summed E-state index contributed by atoms with van der Waals surface area (Å²) in [6.45, 7) is 7.97. The van der Waals surface area contributed by atoms with Gasteiger partial charge in [0.2, 0.25) is 0 Å². The van der Waals surface area contributed by atoms with E-state index in [0.29, 0.717) is 22.5 Å². The van der Waals surface area contributed by atoms with E-state index in [4.69, 9.17) is 4.98 Å². The molecule has 4 aromatic heterocycles. The summed E-state index contributed by atoms with van der Waals surface area (Å²) in [5, 5.41) is 11.1. The zero-order chi connectivity index (χ0) is 24.6. The molecule has 1 aliphatic rings. The summed E-state index contributed by atoms with van der Waals surface area (Å²) in [4.78, 5) is 19.5. The minimum Gasteiger partial charge on any atom is -0.358 e. The van der Waals surface area contributed by atoms with Crippen LogP contribution in [0.1, 0.15) is 32.6 Å². The van der Waals surface area contributed by atoms with Crippen LogP contribution >= 0.6 is 0 Å². The molecule has 5 heterocycles. The highest BCUT2D eigenvalue weighted by Crippen LogP contribution is 2.34. The maximum Gasteiger partial charge on any atom is 0.157 e. The lowest BCUT2D eigenvalue weighted by molar-refractivity contribution is 0.574. The van der Waals surface area contributed by atoms with Gasteiger partial charge in [0.25, 0.3) is 0 Å². The second-order valence-electron chi connectivity index (χ2n) is 9.16.